The average Bonchev–Trinajstić information content (AvgIpc) is 2.54. The van der Waals surface area contributed by atoms with E-state index in [0.29, 0.717) is 11.3 Å². The van der Waals surface area contributed by atoms with E-state index in [9.17, 15) is 19.5 Å². The first-order valence-corrected chi connectivity index (χ1v) is 6.61. The molecule has 2 amide bonds. The van der Waals surface area contributed by atoms with Gasteiger partial charge in [-0.2, -0.15) is 0 Å². The van der Waals surface area contributed by atoms with Crippen LogP contribution in [0.2, 0.25) is 0 Å². The Morgan fingerprint density at radius 1 is 1.41 bits per heavy atom. The van der Waals surface area contributed by atoms with Crippen molar-refractivity contribution in [1.29, 1.82) is 0 Å². The number of methoxy groups -OCH3 is 2. The van der Waals surface area contributed by atoms with E-state index in [1.54, 1.807) is 6.07 Å². The molecule has 0 bridgehead atoms. The van der Waals surface area contributed by atoms with Gasteiger partial charge in [0.1, 0.15) is 0 Å². The van der Waals surface area contributed by atoms with Crippen LogP contribution in [0.25, 0.3) is 0 Å². The molecule has 0 radical (unpaired) electrons. The molecule has 1 unspecified atom stereocenters. The fourth-order valence-corrected chi connectivity index (χ4v) is 2.73. The van der Waals surface area contributed by atoms with Crippen LogP contribution in [-0.4, -0.2) is 53.7 Å². The maximum Gasteiger partial charge on any atom is 0.414 e. The maximum atomic E-state index is 12.7. The smallest absolute Gasteiger partial charge is 0.414 e. The van der Waals surface area contributed by atoms with Gasteiger partial charge < -0.3 is 14.6 Å². The highest BCUT2D eigenvalue weighted by Crippen LogP contribution is 2.40. The standard InChI is InChI=1S/C14H16N2O6/c1-21-10-9(5-3-7-15-10)14(12(18)22-2)6-4-8-16(11(14)17)13(19)20/h3,5,7H,4,6,8H2,1-2H3,(H,19,20). The summed E-state index contributed by atoms with van der Waals surface area (Å²) in [5, 5.41) is 9.17. The molecule has 1 N–H and O–H groups in total. The number of ether oxygens (including phenoxy) is 2. The number of aromatic nitrogens is 1. The van der Waals surface area contributed by atoms with Gasteiger partial charge >= 0.3 is 12.1 Å². The molecule has 0 aromatic carbocycles. The minimum Gasteiger partial charge on any atom is -0.481 e. The largest absolute Gasteiger partial charge is 0.481 e. The first-order valence-electron chi connectivity index (χ1n) is 6.61. The molecule has 2 rings (SSSR count). The lowest BCUT2D eigenvalue weighted by Gasteiger charge is -2.37. The number of pyridine rings is 1. The molecule has 0 spiro atoms. The van der Waals surface area contributed by atoms with Crippen molar-refractivity contribution in [2.75, 3.05) is 20.8 Å². The van der Waals surface area contributed by atoms with Gasteiger partial charge in [-0.05, 0) is 18.9 Å². The molecule has 0 saturated carbocycles. The Morgan fingerprint density at radius 3 is 2.73 bits per heavy atom. The van der Waals surface area contributed by atoms with Crippen molar-refractivity contribution in [2.24, 2.45) is 0 Å². The van der Waals surface area contributed by atoms with Crippen molar-refractivity contribution in [3.8, 4) is 5.88 Å². The predicted molar refractivity (Wildman–Crippen MR) is 73.5 cm³/mol. The lowest BCUT2D eigenvalue weighted by atomic mass is 9.73. The number of nitrogens with zero attached hydrogens (tertiary/aromatic N) is 2. The highest BCUT2D eigenvalue weighted by atomic mass is 16.5. The molecule has 1 atom stereocenters. The zero-order valence-electron chi connectivity index (χ0n) is 12.2. The highest BCUT2D eigenvalue weighted by molar-refractivity contribution is 6.13. The zero-order valence-corrected chi connectivity index (χ0v) is 12.2. The number of carbonyl (C=O) groups is 3. The molecule has 118 valence electrons. The van der Waals surface area contributed by atoms with Crippen LogP contribution < -0.4 is 4.74 Å². The van der Waals surface area contributed by atoms with E-state index in [2.05, 4.69) is 4.98 Å². The van der Waals surface area contributed by atoms with Crippen molar-refractivity contribution in [3.05, 3.63) is 23.9 Å². The number of hydrogen-bond acceptors (Lipinski definition) is 6. The van der Waals surface area contributed by atoms with E-state index in [1.807, 2.05) is 0 Å². The summed E-state index contributed by atoms with van der Waals surface area (Å²) in [6, 6.07) is 3.07. The molecule has 22 heavy (non-hydrogen) atoms. The summed E-state index contributed by atoms with van der Waals surface area (Å²) < 4.78 is 9.91. The Balaban J connectivity index is 2.65. The third-order valence-corrected chi connectivity index (χ3v) is 3.73. The number of rotatable bonds is 3. The highest BCUT2D eigenvalue weighted by Gasteiger charge is 2.55. The predicted octanol–water partition coefficient (Wildman–Crippen LogP) is 0.801. The monoisotopic (exact) mass is 308 g/mol. The summed E-state index contributed by atoms with van der Waals surface area (Å²) in [4.78, 5) is 41.0. The molecular formula is C14H16N2O6. The van der Waals surface area contributed by atoms with Gasteiger partial charge in [0.15, 0.2) is 5.41 Å². The summed E-state index contributed by atoms with van der Waals surface area (Å²) in [5.41, 5.74) is -1.55. The Kier molecular flexibility index (Phi) is 4.30. The van der Waals surface area contributed by atoms with E-state index in [-0.39, 0.29) is 24.4 Å². The van der Waals surface area contributed by atoms with Crippen LogP contribution in [-0.2, 0) is 19.7 Å². The number of hydrogen-bond donors (Lipinski definition) is 1. The molecule has 0 aliphatic carbocycles. The van der Waals surface area contributed by atoms with Gasteiger partial charge in [-0.25, -0.2) is 14.7 Å². The lowest BCUT2D eigenvalue weighted by molar-refractivity contribution is -0.158. The van der Waals surface area contributed by atoms with E-state index in [1.165, 1.54) is 19.4 Å². The van der Waals surface area contributed by atoms with Crippen molar-refractivity contribution >= 4 is 18.0 Å². The normalized spacial score (nSPS) is 21.4. The van der Waals surface area contributed by atoms with Gasteiger partial charge in [-0.1, -0.05) is 6.07 Å². The van der Waals surface area contributed by atoms with Crippen LogP contribution in [0.4, 0.5) is 4.79 Å². The molecule has 8 heteroatoms. The van der Waals surface area contributed by atoms with E-state index < -0.39 is 23.4 Å². The third-order valence-electron chi connectivity index (χ3n) is 3.73. The van der Waals surface area contributed by atoms with Gasteiger partial charge in [0.25, 0.3) is 5.91 Å². The molecule has 1 aliphatic heterocycles. The van der Waals surface area contributed by atoms with E-state index >= 15 is 0 Å². The van der Waals surface area contributed by atoms with Crippen LogP contribution in [0.15, 0.2) is 18.3 Å². The number of imide groups is 1. The van der Waals surface area contributed by atoms with Gasteiger partial charge in [0, 0.05) is 18.3 Å². The number of piperidine rings is 1. The first-order chi connectivity index (χ1) is 10.5. The minimum absolute atomic E-state index is 0.0372. The molecule has 8 nitrogen and oxygen atoms in total. The Labute approximate surface area is 126 Å². The zero-order chi connectivity index (χ0) is 16.3. The van der Waals surface area contributed by atoms with Gasteiger partial charge in [-0.15, -0.1) is 0 Å². The number of carboxylic acid groups (broad SMARTS) is 1. The van der Waals surface area contributed by atoms with Crippen molar-refractivity contribution < 1.29 is 29.0 Å². The van der Waals surface area contributed by atoms with E-state index in [0.717, 1.165) is 7.11 Å². The minimum atomic E-state index is -1.76. The Morgan fingerprint density at radius 2 is 2.14 bits per heavy atom. The summed E-state index contributed by atoms with van der Waals surface area (Å²) in [6.45, 7) is 0.0372. The van der Waals surface area contributed by atoms with Crippen LogP contribution in [0.5, 0.6) is 5.88 Å². The first kappa shape index (κ1) is 15.7. The van der Waals surface area contributed by atoms with Crippen LogP contribution in [0, 0.1) is 0 Å². The third kappa shape index (κ3) is 2.26. The topological polar surface area (TPSA) is 106 Å². The summed E-state index contributed by atoms with van der Waals surface area (Å²) >= 11 is 0. The lowest BCUT2D eigenvalue weighted by Crippen LogP contribution is -2.57. The molecule has 2 heterocycles. The maximum absolute atomic E-state index is 12.7. The SMILES string of the molecule is COC(=O)C1(c2cccnc2OC)CCCN(C(=O)O)C1=O. The number of likely N-dealkylation sites (tertiary alicyclic amines) is 1. The Hall–Kier alpha value is -2.64. The van der Waals surface area contributed by atoms with Crippen LogP contribution in [0.1, 0.15) is 18.4 Å². The van der Waals surface area contributed by atoms with Crippen LogP contribution >= 0.6 is 0 Å². The second kappa shape index (κ2) is 6.00. The van der Waals surface area contributed by atoms with Gasteiger partial charge in [0.2, 0.25) is 5.88 Å². The van der Waals surface area contributed by atoms with Crippen molar-refractivity contribution in [1.82, 2.24) is 9.88 Å². The molecule has 1 fully saturated rings. The summed E-state index contributed by atoms with van der Waals surface area (Å²) in [5.74, 6) is -1.58. The number of amides is 2. The fraction of sp³-hybridized carbons (Fsp3) is 0.429. The van der Waals surface area contributed by atoms with Crippen molar-refractivity contribution in [2.45, 2.75) is 18.3 Å². The van der Waals surface area contributed by atoms with E-state index in [4.69, 9.17) is 9.47 Å². The van der Waals surface area contributed by atoms with Gasteiger partial charge in [-0.3, -0.25) is 9.59 Å². The molecular weight excluding hydrogens is 292 g/mol. The molecule has 1 saturated heterocycles. The average molecular weight is 308 g/mol. The molecule has 1 aliphatic rings. The summed E-state index contributed by atoms with van der Waals surface area (Å²) in [6.07, 6.45) is 0.520. The Bertz CT molecular complexity index is 617. The molecule has 1 aromatic rings. The second-order valence-electron chi connectivity index (χ2n) is 4.80. The number of carbonyl (C=O) groups excluding carboxylic acids is 2. The van der Waals surface area contributed by atoms with Gasteiger partial charge in [0.05, 0.1) is 14.2 Å². The quantitative estimate of drug-likeness (QED) is 0.650. The fourth-order valence-electron chi connectivity index (χ4n) is 2.73. The number of esters is 1. The molecule has 1 aromatic heterocycles. The van der Waals surface area contributed by atoms with Crippen molar-refractivity contribution in [3.63, 3.8) is 0 Å². The second-order valence-corrected chi connectivity index (χ2v) is 4.80. The van der Waals surface area contributed by atoms with Crippen LogP contribution in [0.3, 0.4) is 0 Å². The summed E-state index contributed by atoms with van der Waals surface area (Å²) in [7, 11) is 2.51.